The van der Waals surface area contributed by atoms with Crippen molar-refractivity contribution < 1.29 is 14.3 Å². The van der Waals surface area contributed by atoms with E-state index >= 15 is 0 Å². The quantitative estimate of drug-likeness (QED) is 0.808. The average molecular weight is 335 g/mol. The van der Waals surface area contributed by atoms with E-state index in [9.17, 15) is 4.79 Å². The summed E-state index contributed by atoms with van der Waals surface area (Å²) in [6.07, 6.45) is 0.322. The Kier molecular flexibility index (Phi) is 6.11. The number of nitrogens with one attached hydrogen (secondary N) is 2. The molecule has 6 heteroatoms. The van der Waals surface area contributed by atoms with E-state index in [4.69, 9.17) is 21.1 Å². The van der Waals surface area contributed by atoms with Gasteiger partial charge in [0, 0.05) is 30.8 Å². The number of ether oxygens (including phenoxy) is 2. The number of carbonyl (C=O) groups excluding carboxylic acids is 1. The van der Waals surface area contributed by atoms with Crippen molar-refractivity contribution in [2.75, 3.05) is 31.4 Å². The van der Waals surface area contributed by atoms with Crippen molar-refractivity contribution in [3.8, 4) is 11.5 Å². The van der Waals surface area contributed by atoms with Crippen LogP contribution in [0, 0.1) is 0 Å². The van der Waals surface area contributed by atoms with Crippen LogP contribution in [-0.4, -0.2) is 26.7 Å². The van der Waals surface area contributed by atoms with E-state index in [1.807, 2.05) is 30.3 Å². The Hall–Kier alpha value is -2.40. The van der Waals surface area contributed by atoms with E-state index in [1.54, 1.807) is 12.1 Å². The number of benzene rings is 2. The molecule has 0 aliphatic carbocycles. The Balaban J connectivity index is 1.94. The third-order valence-corrected chi connectivity index (χ3v) is 3.50. The fourth-order valence-corrected chi connectivity index (χ4v) is 2.28. The average Bonchev–Trinajstić information content (AvgIpc) is 2.57. The van der Waals surface area contributed by atoms with Crippen molar-refractivity contribution in [3.63, 3.8) is 0 Å². The molecule has 122 valence electrons. The zero-order valence-electron chi connectivity index (χ0n) is 13.1. The van der Waals surface area contributed by atoms with Crippen LogP contribution in [0.15, 0.2) is 42.5 Å². The normalized spacial score (nSPS) is 10.0. The Morgan fingerprint density at radius 2 is 1.78 bits per heavy atom. The van der Waals surface area contributed by atoms with Crippen molar-refractivity contribution in [1.29, 1.82) is 0 Å². The maximum Gasteiger partial charge on any atom is 0.226 e. The molecular weight excluding hydrogens is 316 g/mol. The molecule has 2 aromatic carbocycles. The molecule has 2 N–H and O–H groups in total. The minimum absolute atomic E-state index is 0.129. The molecule has 5 nitrogen and oxygen atoms in total. The summed E-state index contributed by atoms with van der Waals surface area (Å²) in [5, 5.41) is 6.41. The first-order valence-electron chi connectivity index (χ1n) is 7.14. The van der Waals surface area contributed by atoms with Gasteiger partial charge in [-0.1, -0.05) is 29.8 Å². The predicted molar refractivity (Wildman–Crippen MR) is 92.7 cm³/mol. The van der Waals surface area contributed by atoms with Crippen LogP contribution in [0.5, 0.6) is 11.5 Å². The van der Waals surface area contributed by atoms with Gasteiger partial charge in [0.05, 0.1) is 24.9 Å². The van der Waals surface area contributed by atoms with Gasteiger partial charge < -0.3 is 20.1 Å². The summed E-state index contributed by atoms with van der Waals surface area (Å²) in [6.45, 7) is 0.531. The smallest absolute Gasteiger partial charge is 0.226 e. The summed E-state index contributed by atoms with van der Waals surface area (Å²) in [5.74, 6) is 0.835. The number of methoxy groups -OCH3 is 2. The highest BCUT2D eigenvalue weighted by molar-refractivity contribution is 6.32. The maximum atomic E-state index is 12.1. The van der Waals surface area contributed by atoms with Gasteiger partial charge in [-0.3, -0.25) is 4.79 Å². The number of anilines is 2. The van der Waals surface area contributed by atoms with Gasteiger partial charge in [-0.15, -0.1) is 0 Å². The fourth-order valence-electron chi connectivity index (χ4n) is 2.05. The molecule has 1 amide bonds. The number of halogens is 1. The van der Waals surface area contributed by atoms with Gasteiger partial charge in [-0.2, -0.15) is 0 Å². The third kappa shape index (κ3) is 4.79. The first-order chi connectivity index (χ1) is 11.1. The number of rotatable bonds is 7. The van der Waals surface area contributed by atoms with Crippen molar-refractivity contribution >= 4 is 28.9 Å². The van der Waals surface area contributed by atoms with E-state index in [2.05, 4.69) is 10.6 Å². The molecule has 0 radical (unpaired) electrons. The van der Waals surface area contributed by atoms with Crippen LogP contribution < -0.4 is 20.1 Å². The summed E-state index contributed by atoms with van der Waals surface area (Å²) in [6, 6.07) is 13.0. The van der Waals surface area contributed by atoms with E-state index in [1.165, 1.54) is 14.2 Å². The molecule has 0 bridgehead atoms. The van der Waals surface area contributed by atoms with Gasteiger partial charge in [0.1, 0.15) is 11.5 Å². The molecular formula is C17H19ClN2O3. The van der Waals surface area contributed by atoms with E-state index in [0.717, 1.165) is 5.69 Å². The SMILES string of the molecule is COc1cc(NC(=O)CCNc2ccccc2)c(OC)cc1Cl. The van der Waals surface area contributed by atoms with Crippen molar-refractivity contribution in [3.05, 3.63) is 47.5 Å². The minimum atomic E-state index is -0.129. The van der Waals surface area contributed by atoms with Gasteiger partial charge in [0.15, 0.2) is 0 Å². The highest BCUT2D eigenvalue weighted by atomic mass is 35.5. The largest absolute Gasteiger partial charge is 0.495 e. The van der Waals surface area contributed by atoms with Gasteiger partial charge in [-0.05, 0) is 12.1 Å². The lowest BCUT2D eigenvalue weighted by Crippen LogP contribution is -2.16. The standard InChI is InChI=1S/C17H19ClN2O3/c1-22-15-11-14(16(23-2)10-13(15)18)20-17(21)8-9-19-12-6-4-3-5-7-12/h3-7,10-11,19H,8-9H2,1-2H3,(H,20,21). The summed E-state index contributed by atoms with van der Waals surface area (Å²) in [5.41, 5.74) is 1.50. The highest BCUT2D eigenvalue weighted by Crippen LogP contribution is 2.35. The molecule has 0 aromatic heterocycles. The Labute approximate surface area is 140 Å². The lowest BCUT2D eigenvalue weighted by atomic mass is 10.2. The fraction of sp³-hybridized carbons (Fsp3) is 0.235. The second kappa shape index (κ2) is 8.29. The lowest BCUT2D eigenvalue weighted by molar-refractivity contribution is -0.115. The Bertz CT molecular complexity index is 662. The summed E-state index contributed by atoms with van der Waals surface area (Å²) >= 11 is 6.04. The molecule has 0 spiro atoms. The zero-order chi connectivity index (χ0) is 16.7. The maximum absolute atomic E-state index is 12.1. The molecule has 0 fully saturated rings. The van der Waals surface area contributed by atoms with Gasteiger partial charge in [-0.25, -0.2) is 0 Å². The van der Waals surface area contributed by atoms with Crippen molar-refractivity contribution in [2.24, 2.45) is 0 Å². The molecule has 0 unspecified atom stereocenters. The topological polar surface area (TPSA) is 59.6 Å². The van der Waals surface area contributed by atoms with Crippen LogP contribution in [0.25, 0.3) is 0 Å². The first-order valence-corrected chi connectivity index (χ1v) is 7.52. The number of carbonyl (C=O) groups is 1. The number of hydrogen-bond donors (Lipinski definition) is 2. The lowest BCUT2D eigenvalue weighted by Gasteiger charge is -2.13. The van der Waals surface area contributed by atoms with Crippen LogP contribution in [0.3, 0.4) is 0 Å². The summed E-state index contributed by atoms with van der Waals surface area (Å²) in [4.78, 5) is 12.1. The van der Waals surface area contributed by atoms with Gasteiger partial charge >= 0.3 is 0 Å². The molecule has 0 heterocycles. The molecule has 0 aliphatic rings. The molecule has 23 heavy (non-hydrogen) atoms. The Morgan fingerprint density at radius 1 is 1.09 bits per heavy atom. The van der Waals surface area contributed by atoms with Crippen LogP contribution in [0.2, 0.25) is 5.02 Å². The third-order valence-electron chi connectivity index (χ3n) is 3.20. The monoisotopic (exact) mass is 334 g/mol. The first kappa shape index (κ1) is 17.0. The van der Waals surface area contributed by atoms with Crippen LogP contribution in [0.1, 0.15) is 6.42 Å². The molecule has 0 saturated heterocycles. The second-order valence-corrected chi connectivity index (χ2v) is 5.19. The summed E-state index contributed by atoms with van der Waals surface area (Å²) in [7, 11) is 3.04. The van der Waals surface area contributed by atoms with Gasteiger partial charge in [0.2, 0.25) is 5.91 Å². The molecule has 0 aliphatic heterocycles. The molecule has 0 saturated carbocycles. The van der Waals surface area contributed by atoms with Crippen LogP contribution in [0.4, 0.5) is 11.4 Å². The molecule has 0 atom stereocenters. The molecule has 2 rings (SSSR count). The van der Waals surface area contributed by atoms with E-state index in [-0.39, 0.29) is 5.91 Å². The van der Waals surface area contributed by atoms with Crippen molar-refractivity contribution in [2.45, 2.75) is 6.42 Å². The van der Waals surface area contributed by atoms with Gasteiger partial charge in [0.25, 0.3) is 0 Å². The molecule has 2 aromatic rings. The second-order valence-electron chi connectivity index (χ2n) is 4.78. The van der Waals surface area contributed by atoms with Crippen LogP contribution >= 0.6 is 11.6 Å². The summed E-state index contributed by atoms with van der Waals surface area (Å²) < 4.78 is 10.4. The number of amides is 1. The zero-order valence-corrected chi connectivity index (χ0v) is 13.8. The van der Waals surface area contributed by atoms with Crippen LogP contribution in [-0.2, 0) is 4.79 Å². The van der Waals surface area contributed by atoms with Crippen molar-refractivity contribution in [1.82, 2.24) is 0 Å². The minimum Gasteiger partial charge on any atom is -0.495 e. The Morgan fingerprint density at radius 3 is 2.43 bits per heavy atom. The highest BCUT2D eigenvalue weighted by Gasteiger charge is 2.12. The van der Waals surface area contributed by atoms with E-state index in [0.29, 0.717) is 35.2 Å². The number of para-hydroxylation sites is 1. The number of hydrogen-bond acceptors (Lipinski definition) is 4. The van der Waals surface area contributed by atoms with E-state index < -0.39 is 0 Å². The predicted octanol–water partition coefficient (Wildman–Crippen LogP) is 3.80.